The summed E-state index contributed by atoms with van der Waals surface area (Å²) >= 11 is 0. The van der Waals surface area contributed by atoms with E-state index in [4.69, 9.17) is 0 Å². The molecule has 0 spiro atoms. The van der Waals surface area contributed by atoms with Crippen LogP contribution in [-0.2, 0) is 11.2 Å². The van der Waals surface area contributed by atoms with E-state index in [9.17, 15) is 4.79 Å². The predicted octanol–water partition coefficient (Wildman–Crippen LogP) is 2.08. The van der Waals surface area contributed by atoms with Crippen LogP contribution in [0.3, 0.4) is 0 Å². The summed E-state index contributed by atoms with van der Waals surface area (Å²) in [4.78, 5) is 12.1. The van der Waals surface area contributed by atoms with Crippen molar-refractivity contribution in [2.24, 2.45) is 0 Å². The average molecular weight is 230 g/mol. The molecule has 0 saturated heterocycles. The number of fused-ring (bicyclic) bond motifs is 1. The first-order chi connectivity index (χ1) is 8.33. The number of hydrogen-bond acceptors (Lipinski definition) is 2. The van der Waals surface area contributed by atoms with E-state index in [1.54, 1.807) is 0 Å². The van der Waals surface area contributed by atoms with Crippen molar-refractivity contribution in [3.8, 4) is 0 Å². The molecule has 1 fully saturated rings. The Bertz CT molecular complexity index is 426. The third kappa shape index (κ3) is 2.20. The predicted molar refractivity (Wildman–Crippen MR) is 68.0 cm³/mol. The van der Waals surface area contributed by atoms with Gasteiger partial charge in [-0.15, -0.1) is 0 Å². The number of aryl methyl sites for hydroxylation is 1. The van der Waals surface area contributed by atoms with Gasteiger partial charge in [-0.1, -0.05) is 24.6 Å². The molecule has 1 aromatic rings. The Morgan fingerprint density at radius 2 is 2.00 bits per heavy atom. The molecule has 3 heteroatoms. The Kier molecular flexibility index (Phi) is 2.85. The van der Waals surface area contributed by atoms with Crippen molar-refractivity contribution < 1.29 is 4.79 Å². The molecule has 1 aliphatic carbocycles. The molecule has 1 aromatic carbocycles. The topological polar surface area (TPSA) is 41.1 Å². The number of benzene rings is 1. The van der Waals surface area contributed by atoms with E-state index in [1.165, 1.54) is 24.8 Å². The minimum Gasteiger partial charge on any atom is -0.324 e. The Balaban J connectivity index is 1.72. The lowest BCUT2D eigenvalue weighted by Gasteiger charge is -2.30. The van der Waals surface area contributed by atoms with E-state index in [-0.39, 0.29) is 11.9 Å². The van der Waals surface area contributed by atoms with Gasteiger partial charge in [0.2, 0.25) is 5.91 Å². The van der Waals surface area contributed by atoms with Gasteiger partial charge >= 0.3 is 0 Å². The van der Waals surface area contributed by atoms with Crippen molar-refractivity contribution in [3.05, 3.63) is 29.8 Å². The largest absolute Gasteiger partial charge is 0.324 e. The number of carbonyl (C=O) groups is 1. The zero-order valence-corrected chi connectivity index (χ0v) is 9.91. The molecule has 1 atom stereocenters. The molecule has 1 aliphatic heterocycles. The summed E-state index contributed by atoms with van der Waals surface area (Å²) in [6.45, 7) is 0. The number of hydrogen-bond donors (Lipinski definition) is 2. The minimum absolute atomic E-state index is 0.0206. The highest BCUT2D eigenvalue weighted by atomic mass is 16.2. The van der Waals surface area contributed by atoms with Crippen molar-refractivity contribution in [1.82, 2.24) is 5.32 Å². The van der Waals surface area contributed by atoms with E-state index in [0.717, 1.165) is 18.5 Å². The van der Waals surface area contributed by atoms with Crippen molar-refractivity contribution in [3.63, 3.8) is 0 Å². The third-order valence-electron chi connectivity index (χ3n) is 3.84. The zero-order valence-electron chi connectivity index (χ0n) is 9.91. The van der Waals surface area contributed by atoms with E-state index >= 15 is 0 Å². The molecule has 1 amide bonds. The molecule has 90 valence electrons. The van der Waals surface area contributed by atoms with Gasteiger partial charge < -0.3 is 10.6 Å². The second-order valence-electron chi connectivity index (χ2n) is 5.03. The fraction of sp³-hybridized carbons (Fsp3) is 0.500. The second-order valence-corrected chi connectivity index (χ2v) is 5.03. The van der Waals surface area contributed by atoms with Crippen LogP contribution in [0.2, 0.25) is 0 Å². The molecule has 3 nitrogen and oxygen atoms in total. The van der Waals surface area contributed by atoms with Crippen molar-refractivity contribution in [1.29, 1.82) is 0 Å². The Morgan fingerprint density at radius 3 is 2.76 bits per heavy atom. The van der Waals surface area contributed by atoms with Crippen LogP contribution in [0.1, 0.15) is 31.2 Å². The standard InChI is InChI=1S/C14H18N2O/c17-14-13(15-11-5-3-6-11)9-8-10-4-1-2-7-12(10)16-14/h1-2,4,7,11,13,15H,3,5-6,8-9H2,(H,16,17). The second kappa shape index (κ2) is 4.49. The summed E-state index contributed by atoms with van der Waals surface area (Å²) in [5, 5.41) is 6.49. The lowest BCUT2D eigenvalue weighted by molar-refractivity contribution is -0.118. The maximum Gasteiger partial charge on any atom is 0.241 e. The van der Waals surface area contributed by atoms with E-state index in [1.807, 2.05) is 18.2 Å². The highest BCUT2D eigenvalue weighted by Gasteiger charge is 2.27. The molecule has 0 aromatic heterocycles. The first kappa shape index (κ1) is 10.8. The molecule has 2 N–H and O–H groups in total. The van der Waals surface area contributed by atoms with Gasteiger partial charge in [-0.2, -0.15) is 0 Å². The first-order valence-corrected chi connectivity index (χ1v) is 6.48. The Hall–Kier alpha value is -1.35. The van der Waals surface area contributed by atoms with Crippen LogP contribution in [0.5, 0.6) is 0 Å². The van der Waals surface area contributed by atoms with Gasteiger partial charge in [0.1, 0.15) is 0 Å². The monoisotopic (exact) mass is 230 g/mol. The molecular formula is C14H18N2O. The van der Waals surface area contributed by atoms with E-state index < -0.39 is 0 Å². The normalized spacial score (nSPS) is 24.5. The van der Waals surface area contributed by atoms with E-state index in [2.05, 4.69) is 16.7 Å². The smallest absolute Gasteiger partial charge is 0.241 e. The quantitative estimate of drug-likeness (QED) is 0.816. The SMILES string of the molecule is O=C1Nc2ccccc2CCC1NC1CCC1. The summed E-state index contributed by atoms with van der Waals surface area (Å²) in [5.74, 6) is 0.127. The average Bonchev–Trinajstić information content (AvgIpc) is 2.43. The van der Waals surface area contributed by atoms with Crippen molar-refractivity contribution in [2.75, 3.05) is 5.32 Å². The number of para-hydroxylation sites is 1. The Morgan fingerprint density at radius 1 is 1.18 bits per heavy atom. The maximum atomic E-state index is 12.1. The molecule has 0 radical (unpaired) electrons. The molecule has 17 heavy (non-hydrogen) atoms. The summed E-state index contributed by atoms with van der Waals surface area (Å²) in [7, 11) is 0. The van der Waals surface area contributed by atoms with Crippen LogP contribution in [0.4, 0.5) is 5.69 Å². The van der Waals surface area contributed by atoms with Gasteiger partial charge in [-0.3, -0.25) is 4.79 Å². The molecular weight excluding hydrogens is 212 g/mol. The van der Waals surface area contributed by atoms with Gasteiger partial charge in [0.05, 0.1) is 6.04 Å². The molecule has 3 rings (SSSR count). The lowest BCUT2D eigenvalue weighted by Crippen LogP contribution is -2.47. The van der Waals surface area contributed by atoms with Gasteiger partial charge in [0, 0.05) is 11.7 Å². The number of anilines is 1. The fourth-order valence-electron chi connectivity index (χ4n) is 2.53. The Labute approximate surface area is 102 Å². The van der Waals surface area contributed by atoms with Crippen LogP contribution < -0.4 is 10.6 Å². The number of nitrogens with one attached hydrogen (secondary N) is 2. The van der Waals surface area contributed by atoms with Crippen LogP contribution in [0, 0.1) is 0 Å². The molecule has 2 aliphatic rings. The van der Waals surface area contributed by atoms with Crippen LogP contribution in [-0.4, -0.2) is 18.0 Å². The number of rotatable bonds is 2. The number of carbonyl (C=O) groups excluding carboxylic acids is 1. The highest BCUT2D eigenvalue weighted by molar-refractivity contribution is 5.96. The molecule has 1 saturated carbocycles. The van der Waals surface area contributed by atoms with E-state index in [0.29, 0.717) is 6.04 Å². The highest BCUT2D eigenvalue weighted by Crippen LogP contribution is 2.24. The minimum atomic E-state index is -0.0206. The number of amides is 1. The summed E-state index contributed by atoms with van der Waals surface area (Å²) < 4.78 is 0. The van der Waals surface area contributed by atoms with Crippen LogP contribution >= 0.6 is 0 Å². The zero-order chi connectivity index (χ0) is 11.7. The molecule has 1 heterocycles. The molecule has 0 bridgehead atoms. The van der Waals surface area contributed by atoms with Crippen LogP contribution in [0.25, 0.3) is 0 Å². The summed E-state index contributed by atoms with van der Waals surface area (Å²) in [6, 6.07) is 8.63. The van der Waals surface area contributed by atoms with Crippen molar-refractivity contribution >= 4 is 11.6 Å². The lowest BCUT2D eigenvalue weighted by atomic mass is 9.92. The van der Waals surface area contributed by atoms with Gasteiger partial charge in [-0.05, 0) is 37.3 Å². The summed E-state index contributed by atoms with van der Waals surface area (Å²) in [6.07, 6.45) is 5.61. The molecule has 1 unspecified atom stereocenters. The van der Waals surface area contributed by atoms with Gasteiger partial charge in [-0.25, -0.2) is 0 Å². The van der Waals surface area contributed by atoms with Crippen molar-refractivity contribution in [2.45, 2.75) is 44.2 Å². The van der Waals surface area contributed by atoms with Gasteiger partial charge in [0.25, 0.3) is 0 Å². The maximum absolute atomic E-state index is 12.1. The van der Waals surface area contributed by atoms with Gasteiger partial charge in [0.15, 0.2) is 0 Å². The third-order valence-corrected chi connectivity index (χ3v) is 3.84. The summed E-state index contributed by atoms with van der Waals surface area (Å²) in [5.41, 5.74) is 2.23. The fourth-order valence-corrected chi connectivity index (χ4v) is 2.53. The van der Waals surface area contributed by atoms with Crippen LogP contribution in [0.15, 0.2) is 24.3 Å². The first-order valence-electron chi connectivity index (χ1n) is 6.48.